The number of para-hydroxylation sites is 1. The molecule has 0 saturated heterocycles. The van der Waals surface area contributed by atoms with Crippen molar-refractivity contribution in [2.24, 2.45) is 0 Å². The minimum atomic E-state index is -1.08. The van der Waals surface area contributed by atoms with Crippen molar-refractivity contribution in [1.29, 1.82) is 0 Å². The van der Waals surface area contributed by atoms with Crippen LogP contribution in [-0.4, -0.2) is 28.2 Å². The summed E-state index contributed by atoms with van der Waals surface area (Å²) in [5.41, 5.74) is 1.94. The van der Waals surface area contributed by atoms with E-state index in [2.05, 4.69) is 15.5 Å². The van der Waals surface area contributed by atoms with E-state index >= 15 is 0 Å². The van der Waals surface area contributed by atoms with Crippen LogP contribution in [0.5, 0.6) is 0 Å². The number of H-pyrrole nitrogens is 1. The van der Waals surface area contributed by atoms with E-state index in [0.717, 1.165) is 11.1 Å². The van der Waals surface area contributed by atoms with E-state index in [4.69, 9.17) is 4.74 Å². The van der Waals surface area contributed by atoms with Gasteiger partial charge in [0.1, 0.15) is 0 Å². The van der Waals surface area contributed by atoms with Crippen LogP contribution in [0.3, 0.4) is 0 Å². The number of benzene rings is 3. The van der Waals surface area contributed by atoms with Crippen LogP contribution >= 0.6 is 0 Å². The fraction of sp³-hybridized carbons (Fsp3) is 0.0833. The molecule has 0 aliphatic rings. The highest BCUT2D eigenvalue weighted by Gasteiger charge is 2.23. The molecule has 154 valence electrons. The predicted molar refractivity (Wildman–Crippen MR) is 118 cm³/mol. The van der Waals surface area contributed by atoms with Crippen LogP contribution in [0.4, 0.5) is 5.69 Å². The summed E-state index contributed by atoms with van der Waals surface area (Å²) in [6.07, 6.45) is -1.08. The van der Waals surface area contributed by atoms with Gasteiger partial charge in [-0.05, 0) is 24.6 Å². The van der Waals surface area contributed by atoms with Crippen molar-refractivity contribution in [3.63, 3.8) is 0 Å². The number of aromatic nitrogens is 2. The number of aromatic amines is 1. The summed E-state index contributed by atoms with van der Waals surface area (Å²) < 4.78 is 5.33. The molecule has 1 heterocycles. The van der Waals surface area contributed by atoms with Gasteiger partial charge in [-0.3, -0.25) is 9.59 Å². The normalized spacial score (nSPS) is 11.6. The molecule has 1 amide bonds. The minimum absolute atomic E-state index is 0.0560. The Morgan fingerprint density at radius 3 is 2.32 bits per heavy atom. The van der Waals surface area contributed by atoms with E-state index < -0.39 is 23.5 Å². The molecule has 1 aromatic heterocycles. The standard InChI is InChI=1S/C24H19N3O4/c1-15(31-24(30)21-18-12-5-6-13-19(18)23(29)27-26-21)22(28)25-20-14-8-7-11-17(20)16-9-3-2-4-10-16/h2-15H,1H3,(H,25,28)(H,27,29)/t15-/m1/s1. The Morgan fingerprint density at radius 1 is 0.903 bits per heavy atom. The number of rotatable bonds is 5. The molecule has 1 atom stereocenters. The molecule has 2 N–H and O–H groups in total. The maximum Gasteiger partial charge on any atom is 0.360 e. The van der Waals surface area contributed by atoms with Gasteiger partial charge in [-0.25, -0.2) is 9.89 Å². The van der Waals surface area contributed by atoms with Crippen LogP contribution in [0.25, 0.3) is 21.9 Å². The molecule has 4 aromatic rings. The van der Waals surface area contributed by atoms with E-state index in [1.54, 1.807) is 30.3 Å². The molecule has 7 nitrogen and oxygen atoms in total. The Labute approximate surface area is 177 Å². The Hall–Kier alpha value is -4.26. The number of ether oxygens (including phenoxy) is 1. The van der Waals surface area contributed by atoms with Gasteiger partial charge < -0.3 is 10.1 Å². The van der Waals surface area contributed by atoms with Gasteiger partial charge in [-0.2, -0.15) is 5.10 Å². The Morgan fingerprint density at radius 2 is 1.55 bits per heavy atom. The van der Waals surface area contributed by atoms with Gasteiger partial charge >= 0.3 is 5.97 Å². The molecule has 0 saturated carbocycles. The van der Waals surface area contributed by atoms with Crippen molar-refractivity contribution in [3.05, 3.63) is 94.9 Å². The van der Waals surface area contributed by atoms with Gasteiger partial charge in [0, 0.05) is 16.6 Å². The Kier molecular flexibility index (Phi) is 5.57. The van der Waals surface area contributed by atoms with E-state index in [-0.39, 0.29) is 5.69 Å². The van der Waals surface area contributed by atoms with Gasteiger partial charge in [0.05, 0.1) is 5.39 Å². The zero-order valence-electron chi connectivity index (χ0n) is 16.7. The molecule has 4 rings (SSSR count). The molecule has 0 aliphatic heterocycles. The lowest BCUT2D eigenvalue weighted by molar-refractivity contribution is -0.123. The molecular weight excluding hydrogens is 394 g/mol. The van der Waals surface area contributed by atoms with Crippen molar-refractivity contribution in [2.45, 2.75) is 13.0 Å². The molecular formula is C24H19N3O4. The number of esters is 1. The Bertz CT molecular complexity index is 1320. The number of hydrogen-bond acceptors (Lipinski definition) is 5. The second kappa shape index (κ2) is 8.62. The number of carbonyl (C=O) groups excluding carboxylic acids is 2. The van der Waals surface area contributed by atoms with Crippen LogP contribution in [-0.2, 0) is 9.53 Å². The van der Waals surface area contributed by atoms with Crippen molar-refractivity contribution in [2.75, 3.05) is 5.32 Å². The van der Waals surface area contributed by atoms with Gasteiger partial charge in [-0.15, -0.1) is 0 Å². The average molecular weight is 413 g/mol. The lowest BCUT2D eigenvalue weighted by Gasteiger charge is -2.16. The second-order valence-corrected chi connectivity index (χ2v) is 6.90. The average Bonchev–Trinajstić information content (AvgIpc) is 2.80. The van der Waals surface area contributed by atoms with Crippen LogP contribution in [0.1, 0.15) is 17.4 Å². The van der Waals surface area contributed by atoms with Crippen LogP contribution in [0.15, 0.2) is 83.7 Å². The lowest BCUT2D eigenvalue weighted by Crippen LogP contribution is -2.30. The molecule has 3 aromatic carbocycles. The molecule has 7 heteroatoms. The SMILES string of the molecule is C[C@@H](OC(=O)c1n[nH]c(=O)c2ccccc12)C(=O)Nc1ccccc1-c1ccccc1. The number of fused-ring (bicyclic) bond motifs is 1. The van der Waals surface area contributed by atoms with E-state index in [0.29, 0.717) is 16.5 Å². The summed E-state index contributed by atoms with van der Waals surface area (Å²) in [6, 6.07) is 23.6. The maximum absolute atomic E-state index is 12.7. The summed E-state index contributed by atoms with van der Waals surface area (Å²) in [4.78, 5) is 37.3. The third-order valence-corrected chi connectivity index (χ3v) is 4.81. The number of carbonyl (C=O) groups is 2. The largest absolute Gasteiger partial charge is 0.448 e. The van der Waals surface area contributed by atoms with E-state index in [1.165, 1.54) is 6.92 Å². The van der Waals surface area contributed by atoms with Gasteiger partial charge in [0.25, 0.3) is 11.5 Å². The quantitative estimate of drug-likeness (QED) is 0.485. The van der Waals surface area contributed by atoms with Crippen LogP contribution in [0.2, 0.25) is 0 Å². The number of amides is 1. The summed E-state index contributed by atoms with van der Waals surface area (Å²) in [5, 5.41) is 9.59. The number of hydrogen-bond donors (Lipinski definition) is 2. The van der Waals surface area contributed by atoms with Crippen LogP contribution < -0.4 is 10.9 Å². The van der Waals surface area contributed by atoms with E-state index in [9.17, 15) is 14.4 Å². The summed E-state index contributed by atoms with van der Waals surface area (Å²) >= 11 is 0. The lowest BCUT2D eigenvalue weighted by atomic mass is 10.0. The molecule has 0 bridgehead atoms. The summed E-state index contributed by atoms with van der Waals surface area (Å²) in [5.74, 6) is -1.28. The molecule has 0 unspecified atom stereocenters. The highest BCUT2D eigenvalue weighted by atomic mass is 16.5. The molecule has 31 heavy (non-hydrogen) atoms. The second-order valence-electron chi connectivity index (χ2n) is 6.90. The topological polar surface area (TPSA) is 101 Å². The van der Waals surface area contributed by atoms with Gasteiger partial charge in [0.15, 0.2) is 11.8 Å². The first-order valence-corrected chi connectivity index (χ1v) is 9.68. The predicted octanol–water partition coefficient (Wildman–Crippen LogP) is 3.77. The smallest absolute Gasteiger partial charge is 0.360 e. The third-order valence-electron chi connectivity index (χ3n) is 4.81. The van der Waals surface area contributed by atoms with Crippen molar-refractivity contribution >= 4 is 28.3 Å². The van der Waals surface area contributed by atoms with Gasteiger partial charge in [-0.1, -0.05) is 66.7 Å². The first kappa shape index (κ1) is 20.0. The third kappa shape index (κ3) is 4.20. The van der Waals surface area contributed by atoms with Crippen molar-refractivity contribution < 1.29 is 14.3 Å². The molecule has 0 spiro atoms. The fourth-order valence-electron chi connectivity index (χ4n) is 3.24. The first-order valence-electron chi connectivity index (χ1n) is 9.68. The first-order chi connectivity index (χ1) is 15.0. The maximum atomic E-state index is 12.7. The van der Waals surface area contributed by atoms with Crippen molar-refractivity contribution in [3.8, 4) is 11.1 Å². The van der Waals surface area contributed by atoms with Crippen LogP contribution in [0, 0.1) is 0 Å². The summed E-state index contributed by atoms with van der Waals surface area (Å²) in [6.45, 7) is 1.48. The molecule has 0 radical (unpaired) electrons. The van der Waals surface area contributed by atoms with Gasteiger partial charge in [0.2, 0.25) is 0 Å². The summed E-state index contributed by atoms with van der Waals surface area (Å²) in [7, 11) is 0. The monoisotopic (exact) mass is 413 g/mol. The fourth-order valence-corrected chi connectivity index (χ4v) is 3.24. The van der Waals surface area contributed by atoms with Crippen molar-refractivity contribution in [1.82, 2.24) is 10.2 Å². The minimum Gasteiger partial charge on any atom is -0.448 e. The molecule has 0 fully saturated rings. The Balaban J connectivity index is 1.53. The highest BCUT2D eigenvalue weighted by molar-refractivity contribution is 6.04. The highest BCUT2D eigenvalue weighted by Crippen LogP contribution is 2.27. The molecule has 0 aliphatic carbocycles. The number of nitrogens with one attached hydrogen (secondary N) is 2. The zero-order chi connectivity index (χ0) is 21.8. The van der Waals surface area contributed by atoms with E-state index in [1.807, 2.05) is 48.5 Å². The zero-order valence-corrected chi connectivity index (χ0v) is 16.7. The number of anilines is 1. The number of nitrogens with zero attached hydrogens (tertiary/aromatic N) is 1.